The average Bonchev–Trinajstić information content (AvgIpc) is 2.40. The molecule has 4 heteroatoms. The molecule has 0 fully saturated rings. The summed E-state index contributed by atoms with van der Waals surface area (Å²) in [6.45, 7) is 4.57. The third-order valence-corrected chi connectivity index (χ3v) is 3.29. The molecule has 102 valence electrons. The van der Waals surface area contributed by atoms with E-state index in [1.54, 1.807) is 18.9 Å². The first-order chi connectivity index (χ1) is 8.81. The zero-order valence-electron chi connectivity index (χ0n) is 11.4. The zero-order valence-corrected chi connectivity index (χ0v) is 12.3. The lowest BCUT2D eigenvalue weighted by Crippen LogP contribution is -2.35. The zero-order chi connectivity index (χ0) is 13.2. The van der Waals surface area contributed by atoms with Gasteiger partial charge in [0.05, 0.1) is 6.61 Å². The Morgan fingerprint density at radius 3 is 2.78 bits per heavy atom. The molecular weight excluding hydrogens is 246 g/mol. The van der Waals surface area contributed by atoms with Crippen LogP contribution in [0, 0.1) is 0 Å². The summed E-state index contributed by atoms with van der Waals surface area (Å²) in [5.41, 5.74) is 0. The number of hydrogen-bond acceptors (Lipinski definition) is 4. The summed E-state index contributed by atoms with van der Waals surface area (Å²) in [7, 11) is 1.71. The third kappa shape index (κ3) is 5.29. The number of benzene rings is 1. The molecule has 0 saturated heterocycles. The summed E-state index contributed by atoms with van der Waals surface area (Å²) >= 11 is 1.70. The number of ether oxygens (including phenoxy) is 2. The molecule has 0 aromatic heterocycles. The molecule has 0 bridgehead atoms. The fourth-order valence-electron chi connectivity index (χ4n) is 1.66. The second-order valence-electron chi connectivity index (χ2n) is 4.05. The van der Waals surface area contributed by atoms with Crippen molar-refractivity contribution in [3.8, 4) is 5.75 Å². The van der Waals surface area contributed by atoms with Gasteiger partial charge in [-0.25, -0.2) is 0 Å². The number of para-hydroxylation sites is 1. The van der Waals surface area contributed by atoms with Crippen molar-refractivity contribution in [1.29, 1.82) is 0 Å². The molecule has 0 saturated carbocycles. The van der Waals surface area contributed by atoms with E-state index in [0.717, 1.165) is 30.2 Å². The Balaban J connectivity index is 2.58. The summed E-state index contributed by atoms with van der Waals surface area (Å²) in [6, 6.07) is 8.11. The van der Waals surface area contributed by atoms with Gasteiger partial charge in [0.15, 0.2) is 0 Å². The number of thioether (sulfide) groups is 1. The van der Waals surface area contributed by atoms with Gasteiger partial charge < -0.3 is 14.8 Å². The van der Waals surface area contributed by atoms with Crippen LogP contribution in [-0.4, -0.2) is 39.2 Å². The predicted molar refractivity (Wildman–Crippen MR) is 77.7 cm³/mol. The standard InChI is InChI=1S/C14H23NO2S/c1-4-9-15-10-12(11-16-2)17-13-7-5-6-8-14(13)18-3/h5-8,12,15H,4,9-11H2,1-3H3. The van der Waals surface area contributed by atoms with Crippen molar-refractivity contribution >= 4 is 11.8 Å². The molecule has 3 nitrogen and oxygen atoms in total. The molecule has 1 unspecified atom stereocenters. The Morgan fingerprint density at radius 2 is 2.11 bits per heavy atom. The fourth-order valence-corrected chi connectivity index (χ4v) is 2.19. The van der Waals surface area contributed by atoms with Crippen molar-refractivity contribution < 1.29 is 9.47 Å². The second-order valence-corrected chi connectivity index (χ2v) is 4.90. The Kier molecular flexibility index (Phi) is 7.89. The molecule has 18 heavy (non-hydrogen) atoms. The maximum absolute atomic E-state index is 6.02. The fraction of sp³-hybridized carbons (Fsp3) is 0.571. The highest BCUT2D eigenvalue weighted by atomic mass is 32.2. The summed E-state index contributed by atoms with van der Waals surface area (Å²) in [6.07, 6.45) is 3.24. The van der Waals surface area contributed by atoms with Crippen LogP contribution in [0.1, 0.15) is 13.3 Å². The Hall–Kier alpha value is -0.710. The number of rotatable bonds is 9. The lowest BCUT2D eigenvalue weighted by Gasteiger charge is -2.20. The molecular formula is C14H23NO2S. The van der Waals surface area contributed by atoms with Crippen LogP contribution in [-0.2, 0) is 4.74 Å². The van der Waals surface area contributed by atoms with Crippen molar-refractivity contribution in [3.63, 3.8) is 0 Å². The third-order valence-electron chi connectivity index (χ3n) is 2.51. The van der Waals surface area contributed by atoms with Crippen molar-refractivity contribution in [2.75, 3.05) is 33.1 Å². The molecule has 1 aromatic carbocycles. The van der Waals surface area contributed by atoms with E-state index in [1.165, 1.54) is 0 Å². The molecule has 0 amide bonds. The first kappa shape index (κ1) is 15.3. The maximum atomic E-state index is 6.02. The number of nitrogens with one attached hydrogen (secondary N) is 1. The summed E-state index contributed by atoms with van der Waals surface area (Å²) < 4.78 is 11.2. The first-order valence-electron chi connectivity index (χ1n) is 6.31. The van der Waals surface area contributed by atoms with Gasteiger partial charge in [0.2, 0.25) is 0 Å². The van der Waals surface area contributed by atoms with Gasteiger partial charge >= 0.3 is 0 Å². The lowest BCUT2D eigenvalue weighted by atomic mass is 10.3. The van der Waals surface area contributed by atoms with Crippen LogP contribution >= 0.6 is 11.8 Å². The SMILES string of the molecule is CCCNCC(COC)Oc1ccccc1SC. The molecule has 0 radical (unpaired) electrons. The monoisotopic (exact) mass is 269 g/mol. The molecule has 1 atom stereocenters. The Labute approximate surface area is 114 Å². The molecule has 0 spiro atoms. The topological polar surface area (TPSA) is 30.5 Å². The highest BCUT2D eigenvalue weighted by Crippen LogP contribution is 2.27. The van der Waals surface area contributed by atoms with Gasteiger partial charge in [0, 0.05) is 18.6 Å². The molecule has 0 heterocycles. The Bertz CT molecular complexity index is 333. The highest BCUT2D eigenvalue weighted by molar-refractivity contribution is 7.98. The highest BCUT2D eigenvalue weighted by Gasteiger charge is 2.12. The van der Waals surface area contributed by atoms with E-state index in [9.17, 15) is 0 Å². The lowest BCUT2D eigenvalue weighted by molar-refractivity contribution is 0.0789. The van der Waals surface area contributed by atoms with Crippen LogP contribution in [0.4, 0.5) is 0 Å². The maximum Gasteiger partial charge on any atom is 0.134 e. The largest absolute Gasteiger partial charge is 0.486 e. The van der Waals surface area contributed by atoms with Crippen molar-refractivity contribution in [1.82, 2.24) is 5.32 Å². The van der Waals surface area contributed by atoms with E-state index < -0.39 is 0 Å². The summed E-state index contributed by atoms with van der Waals surface area (Å²) in [4.78, 5) is 1.16. The van der Waals surface area contributed by atoms with Gasteiger partial charge in [0.1, 0.15) is 11.9 Å². The molecule has 0 aliphatic heterocycles. The van der Waals surface area contributed by atoms with Crippen molar-refractivity contribution in [2.45, 2.75) is 24.3 Å². The van der Waals surface area contributed by atoms with E-state index in [1.807, 2.05) is 18.2 Å². The molecule has 1 rings (SSSR count). The summed E-state index contributed by atoms with van der Waals surface area (Å²) in [5, 5.41) is 3.37. The molecule has 0 aliphatic rings. The normalized spacial score (nSPS) is 12.4. The predicted octanol–water partition coefficient (Wildman–Crippen LogP) is 2.80. The van der Waals surface area contributed by atoms with Gasteiger partial charge in [-0.15, -0.1) is 11.8 Å². The molecule has 0 aliphatic carbocycles. The molecule has 1 N–H and O–H groups in total. The van der Waals surface area contributed by atoms with Crippen LogP contribution in [0.3, 0.4) is 0 Å². The minimum absolute atomic E-state index is 0.0508. The van der Waals surface area contributed by atoms with Gasteiger partial charge in [-0.3, -0.25) is 0 Å². The number of methoxy groups -OCH3 is 1. The smallest absolute Gasteiger partial charge is 0.134 e. The second kappa shape index (κ2) is 9.25. The van der Waals surface area contributed by atoms with E-state index >= 15 is 0 Å². The van der Waals surface area contributed by atoms with Gasteiger partial charge in [-0.1, -0.05) is 19.1 Å². The van der Waals surface area contributed by atoms with Crippen molar-refractivity contribution in [2.24, 2.45) is 0 Å². The minimum atomic E-state index is 0.0508. The Morgan fingerprint density at radius 1 is 1.33 bits per heavy atom. The van der Waals surface area contributed by atoms with Crippen molar-refractivity contribution in [3.05, 3.63) is 24.3 Å². The van der Waals surface area contributed by atoms with Crippen LogP contribution in [0.5, 0.6) is 5.75 Å². The first-order valence-corrected chi connectivity index (χ1v) is 7.53. The number of hydrogen-bond donors (Lipinski definition) is 1. The van der Waals surface area contributed by atoms with Crippen LogP contribution in [0.25, 0.3) is 0 Å². The van der Waals surface area contributed by atoms with Crippen LogP contribution in [0.2, 0.25) is 0 Å². The average molecular weight is 269 g/mol. The summed E-state index contributed by atoms with van der Waals surface area (Å²) in [5.74, 6) is 0.936. The van der Waals surface area contributed by atoms with Crippen LogP contribution < -0.4 is 10.1 Å². The van der Waals surface area contributed by atoms with Gasteiger partial charge in [0.25, 0.3) is 0 Å². The van der Waals surface area contributed by atoms with Gasteiger partial charge in [-0.05, 0) is 31.4 Å². The molecule has 1 aromatic rings. The minimum Gasteiger partial charge on any atom is -0.486 e. The van der Waals surface area contributed by atoms with E-state index in [4.69, 9.17) is 9.47 Å². The van der Waals surface area contributed by atoms with E-state index in [0.29, 0.717) is 6.61 Å². The van der Waals surface area contributed by atoms with Crippen LogP contribution in [0.15, 0.2) is 29.2 Å². The quantitative estimate of drug-likeness (QED) is 0.551. The van der Waals surface area contributed by atoms with Gasteiger partial charge in [-0.2, -0.15) is 0 Å². The van der Waals surface area contributed by atoms with E-state index in [-0.39, 0.29) is 6.10 Å². The van der Waals surface area contributed by atoms with E-state index in [2.05, 4.69) is 24.6 Å².